The van der Waals surface area contributed by atoms with Crippen LogP contribution in [0.4, 0.5) is 0 Å². The number of rotatable bonds is 7. The van der Waals surface area contributed by atoms with Crippen molar-refractivity contribution < 1.29 is 9.59 Å². The van der Waals surface area contributed by atoms with Gasteiger partial charge in [-0.3, -0.25) is 14.2 Å². The van der Waals surface area contributed by atoms with E-state index in [4.69, 9.17) is 23.2 Å². The fourth-order valence-electron chi connectivity index (χ4n) is 3.45. The average molecular weight is 490 g/mol. The monoisotopic (exact) mass is 489 g/mol. The van der Waals surface area contributed by atoms with Crippen molar-refractivity contribution in [3.8, 4) is 17.1 Å². The Labute approximate surface area is 200 Å². The molecule has 166 valence electrons. The third-order valence-corrected chi connectivity index (χ3v) is 6.52. The molecule has 4 rings (SSSR count). The molecule has 0 spiro atoms. The summed E-state index contributed by atoms with van der Waals surface area (Å²) in [6.45, 7) is 1.54. The molecule has 0 radical (unpaired) electrons. The first-order valence-corrected chi connectivity index (χ1v) is 11.9. The van der Waals surface area contributed by atoms with Crippen LogP contribution < -0.4 is 5.32 Å². The summed E-state index contributed by atoms with van der Waals surface area (Å²) in [6.07, 6.45) is 2.04. The molecule has 32 heavy (non-hydrogen) atoms. The third-order valence-electron chi connectivity index (χ3n) is 5.05. The highest BCUT2D eigenvalue weighted by Crippen LogP contribution is 2.33. The molecule has 1 aliphatic heterocycles. The molecule has 2 heterocycles. The predicted molar refractivity (Wildman–Crippen MR) is 126 cm³/mol. The van der Waals surface area contributed by atoms with Gasteiger partial charge in [-0.25, -0.2) is 0 Å². The maximum atomic E-state index is 12.4. The quantitative estimate of drug-likeness (QED) is 0.505. The number of halogens is 2. The van der Waals surface area contributed by atoms with Gasteiger partial charge in [-0.05, 0) is 43.2 Å². The maximum Gasteiger partial charge on any atom is 0.241 e. The molecular weight excluding hydrogens is 469 g/mol. The van der Waals surface area contributed by atoms with E-state index in [0.29, 0.717) is 26.6 Å². The van der Waals surface area contributed by atoms with Gasteiger partial charge in [0.05, 0.1) is 17.3 Å². The third kappa shape index (κ3) is 5.26. The van der Waals surface area contributed by atoms with E-state index in [9.17, 15) is 9.59 Å². The smallest absolute Gasteiger partial charge is 0.241 e. The van der Waals surface area contributed by atoms with E-state index in [2.05, 4.69) is 15.5 Å². The Morgan fingerprint density at radius 1 is 1.03 bits per heavy atom. The molecule has 0 bridgehead atoms. The van der Waals surface area contributed by atoms with Crippen LogP contribution in [-0.4, -0.2) is 56.9 Å². The Bertz CT molecular complexity index is 1120. The van der Waals surface area contributed by atoms with Crippen molar-refractivity contribution in [2.75, 3.05) is 25.4 Å². The summed E-state index contributed by atoms with van der Waals surface area (Å²) in [7, 11) is 0. The zero-order chi connectivity index (χ0) is 22.5. The van der Waals surface area contributed by atoms with Crippen molar-refractivity contribution in [1.29, 1.82) is 0 Å². The second kappa shape index (κ2) is 10.4. The second-order valence-electron chi connectivity index (χ2n) is 7.25. The highest BCUT2D eigenvalue weighted by atomic mass is 35.5. The van der Waals surface area contributed by atoms with E-state index in [1.54, 1.807) is 23.1 Å². The number of benzene rings is 2. The normalized spacial score (nSPS) is 13.4. The number of amides is 2. The van der Waals surface area contributed by atoms with Crippen LogP contribution in [0.25, 0.3) is 17.1 Å². The van der Waals surface area contributed by atoms with E-state index in [-0.39, 0.29) is 24.1 Å². The van der Waals surface area contributed by atoms with Crippen LogP contribution in [0.3, 0.4) is 0 Å². The van der Waals surface area contributed by atoms with Gasteiger partial charge in [-0.2, -0.15) is 0 Å². The lowest BCUT2D eigenvalue weighted by Gasteiger charge is -2.15. The van der Waals surface area contributed by atoms with Crippen molar-refractivity contribution in [1.82, 2.24) is 25.0 Å². The summed E-state index contributed by atoms with van der Waals surface area (Å²) < 4.78 is 1.85. The molecule has 3 aromatic rings. The van der Waals surface area contributed by atoms with Crippen LogP contribution in [0, 0.1) is 0 Å². The average Bonchev–Trinajstić information content (AvgIpc) is 3.47. The van der Waals surface area contributed by atoms with Gasteiger partial charge in [0.25, 0.3) is 0 Å². The highest BCUT2D eigenvalue weighted by Gasteiger charge is 2.21. The van der Waals surface area contributed by atoms with Gasteiger partial charge in [0.15, 0.2) is 11.0 Å². The van der Waals surface area contributed by atoms with E-state index in [1.807, 2.05) is 34.9 Å². The topological polar surface area (TPSA) is 80.1 Å². The molecule has 1 saturated heterocycles. The first-order valence-electron chi connectivity index (χ1n) is 10.2. The molecule has 7 nitrogen and oxygen atoms in total. The predicted octanol–water partition coefficient (Wildman–Crippen LogP) is 4.07. The Kier molecular flexibility index (Phi) is 7.34. The van der Waals surface area contributed by atoms with Crippen LogP contribution in [0.2, 0.25) is 10.0 Å². The van der Waals surface area contributed by atoms with Crippen LogP contribution in [0.1, 0.15) is 12.8 Å². The van der Waals surface area contributed by atoms with Crippen LogP contribution in [0.15, 0.2) is 53.7 Å². The first kappa shape index (κ1) is 22.6. The minimum Gasteiger partial charge on any atom is -0.346 e. The van der Waals surface area contributed by atoms with Gasteiger partial charge in [0, 0.05) is 29.4 Å². The number of thioether (sulfide) groups is 1. The molecule has 0 unspecified atom stereocenters. The Hall–Kier alpha value is -2.55. The highest BCUT2D eigenvalue weighted by molar-refractivity contribution is 7.99. The summed E-state index contributed by atoms with van der Waals surface area (Å²) in [6, 6.07) is 14.8. The number of nitrogens with one attached hydrogen (secondary N) is 1. The van der Waals surface area contributed by atoms with E-state index in [1.165, 1.54) is 11.8 Å². The minimum absolute atomic E-state index is 0.0103. The number of nitrogens with zero attached hydrogens (tertiary/aromatic N) is 4. The first-order chi connectivity index (χ1) is 15.5. The fraction of sp³-hybridized carbons (Fsp3) is 0.273. The molecule has 1 aromatic heterocycles. The molecular formula is C22H21Cl2N5O2S. The van der Waals surface area contributed by atoms with E-state index in [0.717, 1.165) is 31.6 Å². The standard InChI is InChI=1S/C22H21Cl2N5O2S/c23-15-8-9-17(18(24)12-15)21-26-27-22(29(21)16-6-2-1-3-7-16)32-14-19(30)25-13-20(31)28-10-4-5-11-28/h1-3,6-9,12H,4-5,10-11,13-14H2,(H,25,30). The Morgan fingerprint density at radius 2 is 1.78 bits per heavy atom. The van der Waals surface area contributed by atoms with Crippen molar-refractivity contribution >= 4 is 46.8 Å². The fourth-order valence-corrected chi connectivity index (χ4v) is 4.73. The zero-order valence-electron chi connectivity index (χ0n) is 17.1. The second-order valence-corrected chi connectivity index (χ2v) is 9.04. The number of likely N-dealkylation sites (tertiary alicyclic amines) is 1. The number of aromatic nitrogens is 3. The number of hydrogen-bond acceptors (Lipinski definition) is 5. The molecule has 2 amide bonds. The lowest BCUT2D eigenvalue weighted by molar-refractivity contribution is -0.131. The summed E-state index contributed by atoms with van der Waals surface area (Å²) in [5, 5.41) is 12.8. The molecule has 2 aromatic carbocycles. The van der Waals surface area contributed by atoms with Gasteiger partial charge in [-0.1, -0.05) is 53.2 Å². The Balaban J connectivity index is 1.50. The number of carbonyl (C=O) groups is 2. The summed E-state index contributed by atoms with van der Waals surface area (Å²) in [5.41, 5.74) is 1.52. The maximum absolute atomic E-state index is 12.4. The number of carbonyl (C=O) groups excluding carboxylic acids is 2. The lowest BCUT2D eigenvalue weighted by Crippen LogP contribution is -2.39. The summed E-state index contributed by atoms with van der Waals surface area (Å²) in [5.74, 6) is 0.362. The summed E-state index contributed by atoms with van der Waals surface area (Å²) >= 11 is 13.7. The van der Waals surface area contributed by atoms with E-state index < -0.39 is 0 Å². The van der Waals surface area contributed by atoms with Crippen molar-refractivity contribution in [3.63, 3.8) is 0 Å². The van der Waals surface area contributed by atoms with Crippen molar-refractivity contribution in [2.45, 2.75) is 18.0 Å². The van der Waals surface area contributed by atoms with Gasteiger partial charge in [0.1, 0.15) is 0 Å². The van der Waals surface area contributed by atoms with Gasteiger partial charge in [0.2, 0.25) is 11.8 Å². The van der Waals surface area contributed by atoms with Gasteiger partial charge in [-0.15, -0.1) is 10.2 Å². The van der Waals surface area contributed by atoms with Crippen LogP contribution >= 0.6 is 35.0 Å². The van der Waals surface area contributed by atoms with Gasteiger partial charge >= 0.3 is 0 Å². The SMILES string of the molecule is O=C(CSc1nnc(-c2ccc(Cl)cc2Cl)n1-c1ccccc1)NCC(=O)N1CCCC1. The van der Waals surface area contributed by atoms with E-state index >= 15 is 0 Å². The zero-order valence-corrected chi connectivity index (χ0v) is 19.5. The Morgan fingerprint density at radius 3 is 2.50 bits per heavy atom. The minimum atomic E-state index is -0.240. The summed E-state index contributed by atoms with van der Waals surface area (Å²) in [4.78, 5) is 26.3. The van der Waals surface area contributed by atoms with Crippen molar-refractivity contribution in [2.24, 2.45) is 0 Å². The lowest BCUT2D eigenvalue weighted by atomic mass is 10.2. The molecule has 0 saturated carbocycles. The molecule has 1 aliphatic rings. The molecule has 0 atom stereocenters. The number of para-hydroxylation sites is 1. The largest absolute Gasteiger partial charge is 0.346 e. The molecule has 1 N–H and O–H groups in total. The van der Waals surface area contributed by atoms with Crippen LogP contribution in [-0.2, 0) is 9.59 Å². The molecule has 10 heteroatoms. The molecule has 1 fully saturated rings. The van der Waals surface area contributed by atoms with Crippen molar-refractivity contribution in [3.05, 3.63) is 58.6 Å². The van der Waals surface area contributed by atoms with Gasteiger partial charge < -0.3 is 10.2 Å². The molecule has 0 aliphatic carbocycles. The van der Waals surface area contributed by atoms with Crippen LogP contribution in [0.5, 0.6) is 0 Å². The number of hydrogen-bond donors (Lipinski definition) is 1.